The first-order chi connectivity index (χ1) is 10.6. The Bertz CT molecular complexity index is 663. The van der Waals surface area contributed by atoms with Gasteiger partial charge in [-0.15, -0.1) is 0 Å². The van der Waals surface area contributed by atoms with Crippen LogP contribution in [0.25, 0.3) is 0 Å². The quantitative estimate of drug-likeness (QED) is 0.558. The maximum atomic E-state index is 13.4. The van der Waals surface area contributed by atoms with Gasteiger partial charge in [-0.1, -0.05) is 0 Å². The number of nitrogens with one attached hydrogen (secondary N) is 2. The summed E-state index contributed by atoms with van der Waals surface area (Å²) in [7, 11) is -3.34. The zero-order valence-corrected chi connectivity index (χ0v) is 13.6. The molecule has 5 nitrogen and oxygen atoms in total. The van der Waals surface area contributed by atoms with Crippen molar-refractivity contribution in [1.29, 1.82) is 0 Å². The van der Waals surface area contributed by atoms with Gasteiger partial charge in [0.2, 0.25) is 15.9 Å². The molecular formula is C14H19F3N2O3S. The minimum absolute atomic E-state index is 0.00183. The number of carbonyl (C=O) groups excluding carboxylic acids is 1. The first kappa shape index (κ1) is 19.4. The van der Waals surface area contributed by atoms with E-state index >= 15 is 0 Å². The molecule has 0 aliphatic heterocycles. The van der Waals surface area contributed by atoms with Gasteiger partial charge in [0, 0.05) is 13.0 Å². The zero-order chi connectivity index (χ0) is 17.6. The van der Waals surface area contributed by atoms with E-state index in [1.807, 2.05) is 0 Å². The molecule has 0 atom stereocenters. The fraction of sp³-hybridized carbons (Fsp3) is 0.500. The van der Waals surface area contributed by atoms with Crippen molar-refractivity contribution in [3.05, 3.63) is 29.6 Å². The Morgan fingerprint density at radius 3 is 2.39 bits per heavy atom. The average molecular weight is 352 g/mol. The number of hydrogen-bond acceptors (Lipinski definition) is 3. The van der Waals surface area contributed by atoms with Crippen molar-refractivity contribution in [2.24, 2.45) is 0 Å². The molecule has 0 aromatic heterocycles. The molecule has 0 fully saturated rings. The summed E-state index contributed by atoms with van der Waals surface area (Å²) in [5, 5.41) is 1.60. The van der Waals surface area contributed by atoms with E-state index in [9.17, 15) is 26.4 Å². The van der Waals surface area contributed by atoms with Gasteiger partial charge in [-0.25, -0.2) is 26.3 Å². The van der Waals surface area contributed by atoms with Crippen LogP contribution in [0.1, 0.15) is 33.1 Å². The Morgan fingerprint density at radius 1 is 1.13 bits per heavy atom. The topological polar surface area (TPSA) is 75.3 Å². The molecule has 0 radical (unpaired) electrons. The summed E-state index contributed by atoms with van der Waals surface area (Å²) in [6.45, 7) is 3.28. The van der Waals surface area contributed by atoms with Crippen molar-refractivity contribution >= 4 is 21.6 Å². The van der Waals surface area contributed by atoms with Crippen LogP contribution in [0.4, 0.5) is 18.9 Å². The van der Waals surface area contributed by atoms with E-state index < -0.39 is 44.3 Å². The highest BCUT2D eigenvalue weighted by molar-refractivity contribution is 7.90. The number of anilines is 1. The highest BCUT2D eigenvalue weighted by Crippen LogP contribution is 2.19. The lowest BCUT2D eigenvalue weighted by Gasteiger charge is -2.09. The minimum Gasteiger partial charge on any atom is -0.324 e. The van der Waals surface area contributed by atoms with Gasteiger partial charge in [0.05, 0.1) is 10.9 Å². The lowest BCUT2D eigenvalue weighted by molar-refractivity contribution is -0.116. The third kappa shape index (κ3) is 5.83. The summed E-state index contributed by atoms with van der Waals surface area (Å²) >= 11 is 0. The second-order valence-corrected chi connectivity index (χ2v) is 7.54. The Kier molecular flexibility index (Phi) is 7.01. The molecule has 23 heavy (non-hydrogen) atoms. The number of carbonyl (C=O) groups is 1. The fourth-order valence-corrected chi connectivity index (χ4v) is 2.39. The normalized spacial score (nSPS) is 11.7. The Hall–Kier alpha value is -1.61. The second-order valence-electron chi connectivity index (χ2n) is 5.22. The number of rotatable bonds is 8. The lowest BCUT2D eigenvalue weighted by Crippen LogP contribution is -2.31. The summed E-state index contributed by atoms with van der Waals surface area (Å²) in [5.74, 6) is -5.01. The molecule has 0 unspecified atom stereocenters. The van der Waals surface area contributed by atoms with Gasteiger partial charge in [0.15, 0.2) is 17.5 Å². The van der Waals surface area contributed by atoms with Crippen LogP contribution in [0.5, 0.6) is 0 Å². The Balaban J connectivity index is 2.37. The summed E-state index contributed by atoms with van der Waals surface area (Å²) in [4.78, 5) is 11.6. The van der Waals surface area contributed by atoms with E-state index in [0.717, 1.165) is 6.07 Å². The number of halogens is 3. The molecule has 2 N–H and O–H groups in total. The molecular weight excluding hydrogens is 333 g/mol. The van der Waals surface area contributed by atoms with E-state index in [1.54, 1.807) is 13.8 Å². The van der Waals surface area contributed by atoms with Crippen molar-refractivity contribution in [2.75, 3.05) is 11.9 Å². The lowest BCUT2D eigenvalue weighted by atomic mass is 10.2. The smallest absolute Gasteiger partial charge is 0.224 e. The maximum Gasteiger partial charge on any atom is 0.224 e. The average Bonchev–Trinajstić information content (AvgIpc) is 2.47. The third-order valence-electron chi connectivity index (χ3n) is 3.06. The highest BCUT2D eigenvalue weighted by atomic mass is 32.2. The van der Waals surface area contributed by atoms with Crippen molar-refractivity contribution in [3.63, 3.8) is 0 Å². The minimum atomic E-state index is -3.34. The summed E-state index contributed by atoms with van der Waals surface area (Å²) < 4.78 is 64.5. The largest absolute Gasteiger partial charge is 0.324 e. The molecule has 0 aliphatic rings. The van der Waals surface area contributed by atoms with Gasteiger partial charge in [0.25, 0.3) is 0 Å². The van der Waals surface area contributed by atoms with E-state index in [1.165, 1.54) is 0 Å². The van der Waals surface area contributed by atoms with Gasteiger partial charge in [-0.05, 0) is 38.8 Å². The highest BCUT2D eigenvalue weighted by Gasteiger charge is 2.16. The molecule has 0 bridgehead atoms. The van der Waals surface area contributed by atoms with E-state index in [-0.39, 0.29) is 13.0 Å². The van der Waals surface area contributed by atoms with Crippen LogP contribution in [-0.2, 0) is 14.8 Å². The van der Waals surface area contributed by atoms with E-state index in [0.29, 0.717) is 18.9 Å². The molecule has 130 valence electrons. The van der Waals surface area contributed by atoms with Crippen molar-refractivity contribution in [1.82, 2.24) is 4.72 Å². The number of hydrogen-bond donors (Lipinski definition) is 2. The number of sulfonamides is 1. The third-order valence-corrected chi connectivity index (χ3v) is 4.91. The van der Waals surface area contributed by atoms with Crippen LogP contribution < -0.4 is 10.0 Å². The van der Waals surface area contributed by atoms with Crippen LogP contribution >= 0.6 is 0 Å². The molecule has 0 saturated carbocycles. The maximum absolute atomic E-state index is 13.4. The Morgan fingerprint density at radius 2 is 1.78 bits per heavy atom. The summed E-state index contributed by atoms with van der Waals surface area (Å²) in [6.07, 6.45) is 0.777. The van der Waals surface area contributed by atoms with Gasteiger partial charge in [0.1, 0.15) is 0 Å². The first-order valence-corrected chi connectivity index (χ1v) is 8.61. The van der Waals surface area contributed by atoms with Crippen molar-refractivity contribution in [2.45, 2.75) is 38.4 Å². The predicted molar refractivity (Wildman–Crippen MR) is 80.9 cm³/mol. The first-order valence-electron chi connectivity index (χ1n) is 7.07. The van der Waals surface area contributed by atoms with Gasteiger partial charge in [-0.2, -0.15) is 0 Å². The van der Waals surface area contributed by atoms with E-state index in [4.69, 9.17) is 0 Å². The molecule has 0 aliphatic carbocycles. The molecule has 0 saturated heterocycles. The summed E-state index contributed by atoms with van der Waals surface area (Å²) in [6, 6.07) is 1.65. The zero-order valence-electron chi connectivity index (χ0n) is 12.8. The predicted octanol–water partition coefficient (Wildman–Crippen LogP) is 2.54. The fourth-order valence-electron chi connectivity index (χ4n) is 1.63. The molecule has 9 heteroatoms. The van der Waals surface area contributed by atoms with Crippen LogP contribution in [-0.4, -0.2) is 26.1 Å². The van der Waals surface area contributed by atoms with E-state index in [2.05, 4.69) is 10.0 Å². The number of unbranched alkanes of at least 4 members (excludes halogenated alkanes) is 1. The van der Waals surface area contributed by atoms with Gasteiger partial charge >= 0.3 is 0 Å². The van der Waals surface area contributed by atoms with Gasteiger partial charge < -0.3 is 5.32 Å². The standard InChI is InChI=1S/C14H19F3N2O3S/c1-9(2)23(21,22)18-8-4-3-5-12(20)19-11-7-6-10(15)13(16)14(11)17/h6-7,9,18H,3-5,8H2,1-2H3,(H,19,20). The molecule has 1 rings (SSSR count). The number of amides is 1. The van der Waals surface area contributed by atoms with Crippen LogP contribution in [0, 0.1) is 17.5 Å². The monoisotopic (exact) mass is 352 g/mol. The van der Waals surface area contributed by atoms with Gasteiger partial charge in [-0.3, -0.25) is 4.79 Å². The Labute approximate surface area is 133 Å². The SMILES string of the molecule is CC(C)S(=O)(=O)NCCCCC(=O)Nc1ccc(F)c(F)c1F. The molecule has 0 spiro atoms. The van der Waals surface area contributed by atoms with Crippen LogP contribution in [0.15, 0.2) is 12.1 Å². The number of benzene rings is 1. The van der Waals surface area contributed by atoms with Crippen LogP contribution in [0.2, 0.25) is 0 Å². The van der Waals surface area contributed by atoms with Crippen molar-refractivity contribution < 1.29 is 26.4 Å². The molecule has 0 heterocycles. The summed E-state index contributed by atoms with van der Waals surface area (Å²) in [5.41, 5.74) is -0.436. The van der Waals surface area contributed by atoms with Crippen molar-refractivity contribution in [3.8, 4) is 0 Å². The van der Waals surface area contributed by atoms with Crippen LogP contribution in [0.3, 0.4) is 0 Å². The second kappa shape index (κ2) is 8.30. The molecule has 1 aromatic carbocycles. The molecule has 1 aromatic rings. The molecule has 1 amide bonds.